The Morgan fingerprint density at radius 2 is 1.97 bits per heavy atom. The molecule has 0 bridgehead atoms. The first kappa shape index (κ1) is 21.2. The van der Waals surface area contributed by atoms with E-state index in [1.54, 1.807) is 25.6 Å². The summed E-state index contributed by atoms with van der Waals surface area (Å²) in [5.74, 6) is 1.16. The highest BCUT2D eigenvalue weighted by molar-refractivity contribution is 5.97. The zero-order chi connectivity index (χ0) is 22.8. The lowest BCUT2D eigenvalue weighted by Crippen LogP contribution is -2.60. The van der Waals surface area contributed by atoms with Crippen LogP contribution in [0.5, 0.6) is 5.75 Å². The van der Waals surface area contributed by atoms with E-state index < -0.39 is 5.54 Å². The first-order chi connectivity index (χ1) is 16.1. The summed E-state index contributed by atoms with van der Waals surface area (Å²) in [7, 11) is 1.65. The molecule has 1 aromatic heterocycles. The summed E-state index contributed by atoms with van der Waals surface area (Å²) in [5.41, 5.74) is 3.20. The number of rotatable bonds is 5. The Balaban J connectivity index is 1.43. The summed E-state index contributed by atoms with van der Waals surface area (Å²) in [4.78, 5) is 12.1. The van der Waals surface area contributed by atoms with Crippen LogP contribution in [0, 0.1) is 12.7 Å². The first-order valence-corrected chi connectivity index (χ1v) is 10.8. The molecular weight excluding hydrogens is 423 g/mol. The van der Waals surface area contributed by atoms with E-state index in [2.05, 4.69) is 15.0 Å². The first-order valence-electron chi connectivity index (χ1n) is 10.8. The molecule has 8 heteroatoms. The molecule has 0 saturated carbocycles. The van der Waals surface area contributed by atoms with E-state index in [0.717, 1.165) is 28.3 Å². The van der Waals surface area contributed by atoms with Gasteiger partial charge < -0.3 is 23.8 Å². The molecule has 7 nitrogen and oxygen atoms in total. The van der Waals surface area contributed by atoms with Gasteiger partial charge in [0.05, 0.1) is 38.0 Å². The van der Waals surface area contributed by atoms with Crippen molar-refractivity contribution >= 4 is 11.9 Å². The Labute approximate surface area is 191 Å². The minimum absolute atomic E-state index is 0.271. The van der Waals surface area contributed by atoms with Crippen LogP contribution in [-0.2, 0) is 15.1 Å². The van der Waals surface area contributed by atoms with E-state index in [-0.39, 0.29) is 5.82 Å². The van der Waals surface area contributed by atoms with Crippen LogP contribution in [0.2, 0.25) is 0 Å². The van der Waals surface area contributed by atoms with Gasteiger partial charge >= 0.3 is 0 Å². The van der Waals surface area contributed by atoms with Crippen molar-refractivity contribution in [3.63, 3.8) is 0 Å². The van der Waals surface area contributed by atoms with Crippen molar-refractivity contribution in [3.05, 3.63) is 83.7 Å². The average molecular weight is 448 g/mol. The molecule has 33 heavy (non-hydrogen) atoms. The summed E-state index contributed by atoms with van der Waals surface area (Å²) in [6, 6.07) is 12.5. The molecule has 1 unspecified atom stereocenters. The summed E-state index contributed by atoms with van der Waals surface area (Å²) < 4.78 is 26.9. The lowest BCUT2D eigenvalue weighted by Gasteiger charge is -2.49. The number of hydrogen-bond donors (Lipinski definition) is 0. The molecule has 3 heterocycles. The van der Waals surface area contributed by atoms with Crippen LogP contribution in [0.25, 0.3) is 11.8 Å². The predicted molar refractivity (Wildman–Crippen MR) is 123 cm³/mol. The highest BCUT2D eigenvalue weighted by Gasteiger charge is 2.46. The molecule has 2 aliphatic heterocycles. The van der Waals surface area contributed by atoms with E-state index in [0.29, 0.717) is 32.2 Å². The molecule has 2 aliphatic rings. The topological polar surface area (TPSA) is 61.1 Å². The van der Waals surface area contributed by atoms with Gasteiger partial charge in [0.1, 0.15) is 23.7 Å². The monoisotopic (exact) mass is 448 g/mol. The summed E-state index contributed by atoms with van der Waals surface area (Å²) in [6.07, 6.45) is 7.63. The van der Waals surface area contributed by atoms with Gasteiger partial charge in [-0.15, -0.1) is 0 Å². The Morgan fingerprint density at radius 1 is 1.12 bits per heavy atom. The normalized spacial score (nSPS) is 20.3. The number of nitrogens with zero attached hydrogens (tertiary/aromatic N) is 4. The number of amidine groups is 1. The van der Waals surface area contributed by atoms with Crippen LogP contribution in [-0.4, -0.2) is 53.8 Å². The molecule has 2 aromatic carbocycles. The van der Waals surface area contributed by atoms with Crippen LogP contribution >= 0.6 is 0 Å². The molecule has 0 radical (unpaired) electrons. The number of fused-ring (bicyclic) bond motifs is 1. The Hall–Kier alpha value is -3.65. The number of ether oxygens (including phenoxy) is 2. The molecule has 5 rings (SSSR count). The van der Waals surface area contributed by atoms with Crippen LogP contribution < -0.4 is 4.74 Å². The van der Waals surface area contributed by atoms with E-state index in [4.69, 9.17) is 14.3 Å². The van der Waals surface area contributed by atoms with Gasteiger partial charge in [0.2, 0.25) is 0 Å². The third-order valence-electron chi connectivity index (χ3n) is 6.05. The lowest BCUT2D eigenvalue weighted by molar-refractivity contribution is -0.0951. The number of benzene rings is 2. The second-order valence-corrected chi connectivity index (χ2v) is 8.15. The standard InChI is InChI=1S/C25H25FN4O3/c1-18-14-29(17-27-18)22-9-3-19(13-23(22)31-2)4-10-24-28-33-16-25(15-32-12-11-30(24)25)20-5-7-21(26)8-6-20/h3-10,13-14,17H,11-12,15-16H2,1-2H3/b10-4+. The van der Waals surface area contributed by atoms with Crippen molar-refractivity contribution in [1.29, 1.82) is 0 Å². The smallest absolute Gasteiger partial charge is 0.169 e. The number of imidazole rings is 1. The molecule has 3 aromatic rings. The van der Waals surface area contributed by atoms with Crippen molar-refractivity contribution in [2.45, 2.75) is 12.5 Å². The number of aryl methyl sites for hydroxylation is 1. The van der Waals surface area contributed by atoms with E-state index >= 15 is 0 Å². The van der Waals surface area contributed by atoms with Gasteiger partial charge in [-0.1, -0.05) is 29.4 Å². The van der Waals surface area contributed by atoms with Gasteiger partial charge in [0, 0.05) is 12.7 Å². The van der Waals surface area contributed by atoms with E-state index in [9.17, 15) is 4.39 Å². The van der Waals surface area contributed by atoms with Crippen LogP contribution in [0.1, 0.15) is 16.8 Å². The molecule has 170 valence electrons. The third-order valence-corrected chi connectivity index (χ3v) is 6.05. The zero-order valence-corrected chi connectivity index (χ0v) is 18.6. The van der Waals surface area contributed by atoms with Crippen molar-refractivity contribution in [2.75, 3.05) is 33.5 Å². The van der Waals surface area contributed by atoms with Gasteiger partial charge in [-0.2, -0.15) is 0 Å². The van der Waals surface area contributed by atoms with Crippen LogP contribution in [0.15, 0.2) is 66.2 Å². The molecule has 0 N–H and O–H groups in total. The Bertz CT molecular complexity index is 1200. The fourth-order valence-electron chi connectivity index (χ4n) is 4.33. The minimum Gasteiger partial charge on any atom is -0.495 e. The largest absolute Gasteiger partial charge is 0.495 e. The fraction of sp³-hybridized carbons (Fsp3) is 0.280. The quantitative estimate of drug-likeness (QED) is 0.592. The maximum absolute atomic E-state index is 13.5. The Morgan fingerprint density at radius 3 is 2.73 bits per heavy atom. The lowest BCUT2D eigenvalue weighted by atomic mass is 9.87. The molecule has 0 spiro atoms. The Kier molecular flexibility index (Phi) is 5.60. The number of morpholine rings is 1. The van der Waals surface area contributed by atoms with Crippen molar-refractivity contribution < 1.29 is 18.7 Å². The van der Waals surface area contributed by atoms with Crippen molar-refractivity contribution in [1.82, 2.24) is 14.5 Å². The van der Waals surface area contributed by atoms with Crippen LogP contribution in [0.4, 0.5) is 4.39 Å². The fourth-order valence-corrected chi connectivity index (χ4v) is 4.33. The number of halogens is 1. The molecule has 1 saturated heterocycles. The summed E-state index contributed by atoms with van der Waals surface area (Å²) in [5, 5.41) is 4.31. The maximum atomic E-state index is 13.5. The maximum Gasteiger partial charge on any atom is 0.169 e. The van der Waals surface area contributed by atoms with Crippen molar-refractivity contribution in [3.8, 4) is 11.4 Å². The number of aromatic nitrogens is 2. The van der Waals surface area contributed by atoms with E-state index in [1.165, 1.54) is 12.1 Å². The van der Waals surface area contributed by atoms with Crippen LogP contribution in [0.3, 0.4) is 0 Å². The zero-order valence-electron chi connectivity index (χ0n) is 18.6. The molecule has 1 atom stereocenters. The van der Waals surface area contributed by atoms with Gasteiger partial charge in [0.15, 0.2) is 5.84 Å². The van der Waals surface area contributed by atoms with Gasteiger partial charge in [0.25, 0.3) is 0 Å². The minimum atomic E-state index is -0.547. The number of methoxy groups -OCH3 is 1. The SMILES string of the molecule is COc1cc(/C=C/C2=NOCC3(c4ccc(F)cc4)COCCN23)ccc1-n1cnc(C)c1. The third kappa shape index (κ3) is 3.98. The summed E-state index contributed by atoms with van der Waals surface area (Å²) >= 11 is 0. The van der Waals surface area contributed by atoms with Gasteiger partial charge in [-0.25, -0.2) is 9.37 Å². The highest BCUT2D eigenvalue weighted by atomic mass is 19.1. The number of hydrogen-bond acceptors (Lipinski definition) is 6. The molecule has 0 amide bonds. The number of oxime groups is 1. The van der Waals surface area contributed by atoms with Gasteiger partial charge in [-0.3, -0.25) is 0 Å². The van der Waals surface area contributed by atoms with Gasteiger partial charge in [-0.05, 0) is 48.4 Å². The second-order valence-electron chi connectivity index (χ2n) is 8.15. The van der Waals surface area contributed by atoms with Crippen molar-refractivity contribution in [2.24, 2.45) is 5.16 Å². The summed E-state index contributed by atoms with van der Waals surface area (Å²) in [6.45, 7) is 3.97. The molecule has 0 aliphatic carbocycles. The predicted octanol–water partition coefficient (Wildman–Crippen LogP) is 3.91. The second kappa shape index (κ2) is 8.71. The molecule has 1 fully saturated rings. The molecular formula is C25H25FN4O3. The van der Waals surface area contributed by atoms with E-state index in [1.807, 2.05) is 48.0 Å². The average Bonchev–Trinajstić information content (AvgIpc) is 3.28. The highest BCUT2D eigenvalue weighted by Crippen LogP contribution is 2.35.